The first kappa shape index (κ1) is 14.2. The molecule has 3 atom stereocenters. The van der Waals surface area contributed by atoms with E-state index in [9.17, 15) is 10.6 Å². The summed E-state index contributed by atoms with van der Waals surface area (Å²) < 4.78 is 37.6. The Morgan fingerprint density at radius 3 is 1.77 bits per heavy atom. The van der Waals surface area contributed by atoms with Crippen molar-refractivity contribution in [3.63, 3.8) is 0 Å². The minimum Gasteiger partial charge on any atom is -0.385 e. The summed E-state index contributed by atoms with van der Waals surface area (Å²) >= 11 is 0. The molecule has 6 rings (SSSR count). The second kappa shape index (κ2) is 6.82. The molecule has 1 unspecified atom stereocenters. The van der Waals surface area contributed by atoms with Crippen LogP contribution in [0.4, 0.5) is 0 Å². The molecule has 2 aliphatic rings. The van der Waals surface area contributed by atoms with Gasteiger partial charge in [-0.15, -0.1) is 0 Å². The highest BCUT2D eigenvalue weighted by Crippen LogP contribution is 2.50. The van der Waals surface area contributed by atoms with Crippen LogP contribution < -0.4 is 0 Å². The second-order valence-corrected chi connectivity index (χ2v) is 8.47. The van der Waals surface area contributed by atoms with E-state index in [4.69, 9.17) is 0 Å². The predicted molar refractivity (Wildman–Crippen MR) is 123 cm³/mol. The van der Waals surface area contributed by atoms with Gasteiger partial charge in [-0.25, -0.2) is 0 Å². The molecule has 0 heterocycles. The molecule has 4 aromatic rings. The van der Waals surface area contributed by atoms with Gasteiger partial charge >= 0.3 is 0 Å². The smallest absolute Gasteiger partial charge is 0.0971 e. The van der Waals surface area contributed by atoms with Gasteiger partial charge in [-0.3, -0.25) is 0 Å². The fraction of sp³-hybridized carbons (Fsp3) is 0.241. The fourth-order valence-electron chi connectivity index (χ4n) is 5.33. The summed E-state index contributed by atoms with van der Waals surface area (Å²) in [6.07, 6.45) is -3.27. The lowest BCUT2D eigenvalue weighted by atomic mass is 9.68. The van der Waals surface area contributed by atoms with Gasteiger partial charge in [0.25, 0.3) is 0 Å². The average Bonchev–Trinajstić information content (AvgIpc) is 3.01. The molecule has 4 aromatic carbocycles. The minimum absolute atomic E-state index is 0.323. The number of rotatable bonds is 1. The zero-order valence-electron chi connectivity index (χ0n) is 20.7. The highest BCUT2D eigenvalue weighted by Gasteiger charge is 2.49. The molecule has 0 saturated carbocycles. The van der Waals surface area contributed by atoms with Crippen molar-refractivity contribution in [3.05, 3.63) is 119 Å². The van der Waals surface area contributed by atoms with Gasteiger partial charge in [0.1, 0.15) is 0 Å². The zero-order chi connectivity index (χ0) is 23.7. The highest BCUT2D eigenvalue weighted by atomic mass is 16.3. The number of aliphatic hydroxyl groups is 1. The maximum atomic E-state index is 12.9. The molecule has 0 spiro atoms. The molecular formula is C29H26O. The van der Waals surface area contributed by atoms with Crippen LogP contribution in [-0.2, 0) is 31.2 Å². The van der Waals surface area contributed by atoms with Crippen LogP contribution in [0.3, 0.4) is 0 Å². The van der Waals surface area contributed by atoms with Gasteiger partial charge in [0.15, 0.2) is 0 Å². The van der Waals surface area contributed by atoms with Crippen LogP contribution in [-0.4, -0.2) is 5.11 Å². The van der Waals surface area contributed by atoms with Gasteiger partial charge in [0, 0.05) is 17.3 Å². The molecule has 0 saturated heterocycles. The number of fused-ring (bicyclic) bond motifs is 5. The van der Waals surface area contributed by atoms with E-state index in [1.807, 2.05) is 66.7 Å². The maximum absolute atomic E-state index is 12.9. The van der Waals surface area contributed by atoms with Gasteiger partial charge in [0.05, 0.1) is 5.60 Å². The van der Waals surface area contributed by atoms with Gasteiger partial charge in [-0.1, -0.05) is 91.0 Å². The Bertz CT molecular complexity index is 1340. The van der Waals surface area contributed by atoms with E-state index >= 15 is 0 Å². The Hall–Kier alpha value is -2.90. The van der Waals surface area contributed by atoms with Crippen LogP contribution in [0.5, 0.6) is 0 Å². The maximum Gasteiger partial charge on any atom is 0.0971 e. The summed E-state index contributed by atoms with van der Waals surface area (Å²) in [4.78, 5) is 0. The summed E-state index contributed by atoms with van der Waals surface area (Å²) in [6, 6.07) is 28.3. The first-order valence-corrected chi connectivity index (χ1v) is 10.6. The van der Waals surface area contributed by atoms with Gasteiger partial charge in [-0.2, -0.15) is 0 Å². The Kier molecular flexibility index (Phi) is 3.22. The molecule has 0 radical (unpaired) electrons. The lowest BCUT2D eigenvalue weighted by Crippen LogP contribution is -2.43. The van der Waals surface area contributed by atoms with Crippen molar-refractivity contribution in [1.29, 1.82) is 0 Å². The molecule has 148 valence electrons. The fourth-order valence-corrected chi connectivity index (χ4v) is 5.33. The molecule has 0 fully saturated rings. The van der Waals surface area contributed by atoms with Crippen molar-refractivity contribution in [1.82, 2.24) is 0 Å². The third-order valence-electron chi connectivity index (χ3n) is 6.84. The minimum atomic E-state index is -1.96. The second-order valence-electron chi connectivity index (χ2n) is 8.47. The molecule has 0 amide bonds. The zero-order valence-corrected chi connectivity index (χ0v) is 16.7. The summed E-state index contributed by atoms with van der Waals surface area (Å²) in [7, 11) is 0. The predicted octanol–water partition coefficient (Wildman–Crippen LogP) is 5.86. The van der Waals surface area contributed by atoms with Crippen LogP contribution in [0.15, 0.2) is 91.0 Å². The first-order valence-electron chi connectivity index (χ1n) is 12.6. The first-order chi connectivity index (χ1) is 16.3. The van der Waals surface area contributed by atoms with Crippen molar-refractivity contribution >= 4 is 10.8 Å². The number of benzene rings is 4. The van der Waals surface area contributed by atoms with Gasteiger partial charge < -0.3 is 5.11 Å². The normalized spacial score (nSPS) is 30.4. The van der Waals surface area contributed by atoms with E-state index in [1.54, 1.807) is 24.3 Å². The van der Waals surface area contributed by atoms with E-state index in [2.05, 4.69) is 0 Å². The Balaban J connectivity index is 1.74. The van der Waals surface area contributed by atoms with Crippen LogP contribution in [0.2, 0.25) is 0 Å². The van der Waals surface area contributed by atoms with E-state index in [0.29, 0.717) is 29.5 Å². The SMILES string of the molecule is [2H]C1([2H])c2ccccc2C([2H])([2H])[C@@H]2Cc3ccccc3C[C@H]1C2(O)c1cccc2ccccc12. The molecule has 2 aliphatic carbocycles. The van der Waals surface area contributed by atoms with E-state index in [-0.39, 0.29) is 0 Å². The van der Waals surface area contributed by atoms with Gasteiger partial charge in [0.2, 0.25) is 0 Å². The van der Waals surface area contributed by atoms with Crippen LogP contribution in [0, 0.1) is 11.8 Å². The van der Waals surface area contributed by atoms with Crippen molar-refractivity contribution in [2.24, 2.45) is 11.8 Å². The quantitative estimate of drug-likeness (QED) is 0.429. The van der Waals surface area contributed by atoms with Crippen LogP contribution in [0.1, 0.15) is 33.3 Å². The van der Waals surface area contributed by atoms with Gasteiger partial charge in [-0.05, 0) is 64.2 Å². The Labute approximate surface area is 183 Å². The Morgan fingerprint density at radius 1 is 0.633 bits per heavy atom. The van der Waals surface area contributed by atoms with E-state index in [0.717, 1.165) is 21.9 Å². The molecule has 1 N–H and O–H groups in total. The monoisotopic (exact) mass is 394 g/mol. The van der Waals surface area contributed by atoms with Crippen molar-refractivity contribution in [3.8, 4) is 0 Å². The lowest BCUT2D eigenvalue weighted by Gasteiger charge is -2.41. The third-order valence-corrected chi connectivity index (χ3v) is 6.84. The summed E-state index contributed by atoms with van der Waals surface area (Å²) in [5, 5.41) is 14.7. The number of hydrogen-bond acceptors (Lipinski definition) is 1. The number of hydrogen-bond donors (Lipinski definition) is 1. The van der Waals surface area contributed by atoms with E-state index in [1.165, 1.54) is 0 Å². The largest absolute Gasteiger partial charge is 0.385 e. The summed E-state index contributed by atoms with van der Waals surface area (Å²) in [6.45, 7) is 0. The molecule has 0 aliphatic heterocycles. The molecule has 1 nitrogen and oxygen atoms in total. The third kappa shape index (κ3) is 2.66. The molecule has 2 bridgehead atoms. The van der Waals surface area contributed by atoms with E-state index < -0.39 is 30.2 Å². The topological polar surface area (TPSA) is 20.2 Å². The molecule has 30 heavy (non-hydrogen) atoms. The standard InChI is InChI=1S/C29H26O/c30-29(28-15-7-13-20-8-5-6-14-27(20)28)25-16-21-9-1-2-10-22(21)17-26(29)19-24-12-4-3-11-23(24)18-25/h1-15,25-26,30H,16-19H2/t25-,26+,29?/i16D2,17D2. The highest BCUT2D eigenvalue weighted by molar-refractivity contribution is 5.86. The van der Waals surface area contributed by atoms with Crippen molar-refractivity contribution in [2.75, 3.05) is 0 Å². The summed E-state index contributed by atoms with van der Waals surface area (Å²) in [5.74, 6) is -1.75. The molecule has 0 aromatic heterocycles. The van der Waals surface area contributed by atoms with Crippen LogP contribution in [0.25, 0.3) is 10.8 Å². The van der Waals surface area contributed by atoms with Crippen molar-refractivity contribution in [2.45, 2.75) is 31.2 Å². The van der Waals surface area contributed by atoms with Crippen molar-refractivity contribution < 1.29 is 10.6 Å². The van der Waals surface area contributed by atoms with Crippen LogP contribution >= 0.6 is 0 Å². The Morgan fingerprint density at radius 2 is 1.13 bits per heavy atom. The molecule has 1 heteroatoms. The molecular weight excluding hydrogens is 364 g/mol. The lowest BCUT2D eigenvalue weighted by molar-refractivity contribution is -0.0700. The average molecular weight is 395 g/mol. The summed E-state index contributed by atoms with van der Waals surface area (Å²) in [5.41, 5.74) is 1.50.